The minimum absolute atomic E-state index is 0.166. The normalized spacial score (nSPS) is 16.0. The van der Waals surface area contributed by atoms with Gasteiger partial charge in [0.15, 0.2) is 0 Å². The van der Waals surface area contributed by atoms with Gasteiger partial charge in [-0.05, 0) is 72.9 Å². The fraction of sp³-hybridized carbons (Fsp3) is 0.389. The third-order valence-corrected chi connectivity index (χ3v) is 6.35. The first-order valence-electron chi connectivity index (χ1n) is 8.27. The van der Waals surface area contributed by atoms with E-state index in [4.69, 9.17) is 4.42 Å². The SMILES string of the molecule is O=C(CS(=O)(=O)c1ccco1)Nc1c2c(cc3c1CCC3)CCC2. The number of sulfone groups is 1. The molecule has 6 heteroatoms. The number of anilines is 1. The van der Waals surface area contributed by atoms with Gasteiger partial charge in [-0.1, -0.05) is 6.07 Å². The monoisotopic (exact) mass is 345 g/mol. The van der Waals surface area contributed by atoms with Gasteiger partial charge in [-0.15, -0.1) is 0 Å². The standard InChI is InChI=1S/C18H19NO4S/c20-16(11-24(21,22)17-8-3-9-23-17)19-18-14-6-1-4-12(14)10-13-5-2-7-15(13)18/h3,8-10H,1-2,4-7,11H2,(H,19,20). The Morgan fingerprint density at radius 1 is 1.08 bits per heavy atom. The van der Waals surface area contributed by atoms with Crippen LogP contribution in [-0.4, -0.2) is 20.1 Å². The maximum Gasteiger partial charge on any atom is 0.240 e. The smallest absolute Gasteiger partial charge is 0.240 e. The number of fused-ring (bicyclic) bond motifs is 2. The van der Waals surface area contributed by atoms with Crippen LogP contribution < -0.4 is 5.32 Å². The number of carbonyl (C=O) groups is 1. The molecule has 0 fully saturated rings. The van der Waals surface area contributed by atoms with Crippen LogP contribution in [0.1, 0.15) is 35.1 Å². The molecule has 0 aliphatic heterocycles. The zero-order chi connectivity index (χ0) is 16.7. The van der Waals surface area contributed by atoms with E-state index < -0.39 is 21.5 Å². The van der Waals surface area contributed by atoms with E-state index in [1.54, 1.807) is 0 Å². The summed E-state index contributed by atoms with van der Waals surface area (Å²) in [6.45, 7) is 0. The average molecular weight is 345 g/mol. The highest BCUT2D eigenvalue weighted by Crippen LogP contribution is 2.38. The molecule has 0 spiro atoms. The first-order valence-corrected chi connectivity index (χ1v) is 9.92. The molecule has 0 radical (unpaired) electrons. The van der Waals surface area contributed by atoms with Crippen molar-refractivity contribution in [3.8, 4) is 0 Å². The van der Waals surface area contributed by atoms with Crippen LogP contribution in [-0.2, 0) is 40.3 Å². The topological polar surface area (TPSA) is 76.4 Å². The molecule has 2 aromatic rings. The second kappa shape index (κ2) is 5.77. The lowest BCUT2D eigenvalue weighted by Gasteiger charge is -2.16. The molecule has 1 heterocycles. The Balaban J connectivity index is 1.61. The predicted molar refractivity (Wildman–Crippen MR) is 89.9 cm³/mol. The number of nitrogens with one attached hydrogen (secondary N) is 1. The number of benzene rings is 1. The molecule has 2 aliphatic carbocycles. The third kappa shape index (κ3) is 2.65. The molecule has 2 aliphatic rings. The molecule has 0 saturated carbocycles. The maximum atomic E-state index is 12.4. The van der Waals surface area contributed by atoms with E-state index in [2.05, 4.69) is 11.4 Å². The minimum Gasteiger partial charge on any atom is -0.453 e. The Morgan fingerprint density at radius 2 is 1.75 bits per heavy atom. The van der Waals surface area contributed by atoms with Crippen molar-refractivity contribution in [2.45, 2.75) is 43.6 Å². The van der Waals surface area contributed by atoms with Gasteiger partial charge in [0, 0.05) is 5.69 Å². The van der Waals surface area contributed by atoms with Crippen molar-refractivity contribution < 1.29 is 17.6 Å². The lowest BCUT2D eigenvalue weighted by molar-refractivity contribution is -0.113. The fourth-order valence-electron chi connectivity index (χ4n) is 3.83. The van der Waals surface area contributed by atoms with Crippen molar-refractivity contribution in [2.24, 2.45) is 0 Å². The van der Waals surface area contributed by atoms with E-state index in [1.807, 2.05) is 0 Å². The average Bonchev–Trinajstić information content (AvgIpc) is 3.27. The maximum absolute atomic E-state index is 12.4. The van der Waals surface area contributed by atoms with E-state index in [9.17, 15) is 13.2 Å². The zero-order valence-corrected chi connectivity index (χ0v) is 14.1. The van der Waals surface area contributed by atoms with Gasteiger partial charge in [-0.25, -0.2) is 8.42 Å². The Bertz CT molecular complexity index is 865. The van der Waals surface area contributed by atoms with Crippen LogP contribution in [0.15, 0.2) is 34.0 Å². The zero-order valence-electron chi connectivity index (χ0n) is 13.3. The van der Waals surface area contributed by atoms with Crippen LogP contribution in [0.2, 0.25) is 0 Å². The molecule has 126 valence electrons. The Morgan fingerprint density at radius 3 is 2.33 bits per heavy atom. The molecule has 1 aromatic carbocycles. The summed E-state index contributed by atoms with van der Waals surface area (Å²) in [4.78, 5) is 12.4. The molecule has 24 heavy (non-hydrogen) atoms. The molecule has 1 N–H and O–H groups in total. The molecule has 0 saturated heterocycles. The van der Waals surface area contributed by atoms with Gasteiger partial charge in [0.25, 0.3) is 0 Å². The molecular formula is C18H19NO4S. The third-order valence-electron chi connectivity index (χ3n) is 4.86. The summed E-state index contributed by atoms with van der Waals surface area (Å²) in [7, 11) is -3.74. The summed E-state index contributed by atoms with van der Waals surface area (Å²) in [5.41, 5.74) is 5.87. The summed E-state index contributed by atoms with van der Waals surface area (Å²) in [6, 6.07) is 5.14. The number of hydrogen-bond donors (Lipinski definition) is 1. The van der Waals surface area contributed by atoms with Crippen molar-refractivity contribution in [3.05, 3.63) is 46.7 Å². The summed E-state index contributed by atoms with van der Waals surface area (Å²) < 4.78 is 29.3. The summed E-state index contributed by atoms with van der Waals surface area (Å²) in [6.07, 6.45) is 7.44. The second-order valence-corrected chi connectivity index (χ2v) is 8.39. The quantitative estimate of drug-likeness (QED) is 0.924. The number of furan rings is 1. The summed E-state index contributed by atoms with van der Waals surface area (Å²) >= 11 is 0. The highest BCUT2D eigenvalue weighted by Gasteiger charge is 2.27. The highest BCUT2D eigenvalue weighted by atomic mass is 32.2. The largest absolute Gasteiger partial charge is 0.453 e. The van der Waals surface area contributed by atoms with Gasteiger partial charge in [0.2, 0.25) is 20.8 Å². The van der Waals surface area contributed by atoms with E-state index in [0.29, 0.717) is 0 Å². The lowest BCUT2D eigenvalue weighted by atomic mass is 9.98. The number of hydrogen-bond acceptors (Lipinski definition) is 4. The van der Waals surface area contributed by atoms with Crippen molar-refractivity contribution in [1.29, 1.82) is 0 Å². The fourth-order valence-corrected chi connectivity index (χ4v) is 4.87. The van der Waals surface area contributed by atoms with E-state index in [1.165, 1.54) is 40.6 Å². The second-order valence-electron chi connectivity index (χ2n) is 6.47. The summed E-state index contributed by atoms with van der Waals surface area (Å²) in [5, 5.41) is 2.74. The molecule has 1 amide bonds. The van der Waals surface area contributed by atoms with Gasteiger partial charge in [-0.3, -0.25) is 4.79 Å². The Hall–Kier alpha value is -2.08. The van der Waals surface area contributed by atoms with Gasteiger partial charge >= 0.3 is 0 Å². The van der Waals surface area contributed by atoms with Crippen molar-refractivity contribution in [3.63, 3.8) is 0 Å². The molecule has 0 unspecified atom stereocenters. The van der Waals surface area contributed by atoms with Gasteiger partial charge < -0.3 is 9.73 Å². The number of amides is 1. The van der Waals surface area contributed by atoms with E-state index in [0.717, 1.165) is 44.2 Å². The number of rotatable bonds is 4. The van der Waals surface area contributed by atoms with Crippen LogP contribution >= 0.6 is 0 Å². The summed E-state index contributed by atoms with van der Waals surface area (Å²) in [5.74, 6) is -1.10. The Kier molecular flexibility index (Phi) is 3.72. The van der Waals surface area contributed by atoms with E-state index >= 15 is 0 Å². The van der Waals surface area contributed by atoms with Gasteiger partial charge in [-0.2, -0.15) is 0 Å². The Labute approximate surface area is 141 Å². The van der Waals surface area contributed by atoms with Crippen LogP contribution in [0.5, 0.6) is 0 Å². The van der Waals surface area contributed by atoms with Crippen LogP contribution in [0.4, 0.5) is 5.69 Å². The number of aryl methyl sites for hydroxylation is 2. The van der Waals surface area contributed by atoms with Crippen LogP contribution in [0.25, 0.3) is 0 Å². The first kappa shape index (κ1) is 15.4. The molecule has 5 nitrogen and oxygen atoms in total. The molecule has 0 atom stereocenters. The molecule has 1 aromatic heterocycles. The molecule has 0 bridgehead atoms. The van der Waals surface area contributed by atoms with Crippen molar-refractivity contribution in [2.75, 3.05) is 11.1 Å². The lowest BCUT2D eigenvalue weighted by Crippen LogP contribution is -2.24. The van der Waals surface area contributed by atoms with Crippen LogP contribution in [0.3, 0.4) is 0 Å². The van der Waals surface area contributed by atoms with E-state index in [-0.39, 0.29) is 5.09 Å². The van der Waals surface area contributed by atoms with Crippen LogP contribution in [0, 0.1) is 0 Å². The minimum atomic E-state index is -3.74. The van der Waals surface area contributed by atoms with Gasteiger partial charge in [0.1, 0.15) is 5.75 Å². The van der Waals surface area contributed by atoms with Crippen molar-refractivity contribution >= 4 is 21.4 Å². The molecule has 4 rings (SSSR count). The van der Waals surface area contributed by atoms with Gasteiger partial charge in [0.05, 0.1) is 6.26 Å². The highest BCUT2D eigenvalue weighted by molar-refractivity contribution is 7.92. The number of carbonyl (C=O) groups excluding carboxylic acids is 1. The van der Waals surface area contributed by atoms with Crippen molar-refractivity contribution in [1.82, 2.24) is 0 Å². The first-order chi connectivity index (χ1) is 11.5. The predicted octanol–water partition coefficient (Wildman–Crippen LogP) is 2.67. The molecular weight excluding hydrogens is 326 g/mol.